The van der Waals surface area contributed by atoms with Crippen LogP contribution < -0.4 is 10.1 Å². The van der Waals surface area contributed by atoms with Crippen LogP contribution in [0, 0.1) is 6.92 Å². The number of aryl methyl sites for hydroxylation is 1. The van der Waals surface area contributed by atoms with E-state index in [0.717, 1.165) is 31.2 Å². The van der Waals surface area contributed by atoms with Gasteiger partial charge in [0.2, 0.25) is 0 Å². The van der Waals surface area contributed by atoms with Crippen molar-refractivity contribution in [3.8, 4) is 5.75 Å². The number of benzene rings is 1. The van der Waals surface area contributed by atoms with Crippen LogP contribution in [0.4, 0.5) is 4.79 Å². The number of hydrogen-bond acceptors (Lipinski definition) is 5. The lowest BCUT2D eigenvalue weighted by Gasteiger charge is -2.35. The summed E-state index contributed by atoms with van der Waals surface area (Å²) in [6.07, 6.45) is 0. The van der Waals surface area contributed by atoms with Crippen molar-refractivity contribution in [3.05, 3.63) is 41.5 Å². The summed E-state index contributed by atoms with van der Waals surface area (Å²) in [7, 11) is 1.69. The number of carbonyl (C=O) groups is 1. The minimum atomic E-state index is -0.223. The summed E-state index contributed by atoms with van der Waals surface area (Å²) >= 11 is 0. The van der Waals surface area contributed by atoms with Crippen LogP contribution in [0.2, 0.25) is 0 Å². The van der Waals surface area contributed by atoms with Crippen molar-refractivity contribution in [1.82, 2.24) is 30.3 Å². The van der Waals surface area contributed by atoms with E-state index in [1.54, 1.807) is 7.11 Å². The summed E-state index contributed by atoms with van der Waals surface area (Å²) in [4.78, 5) is 20.9. The molecule has 1 aliphatic heterocycles. The second-order valence-corrected chi connectivity index (χ2v) is 6.53. The highest BCUT2D eigenvalue weighted by atomic mass is 16.5. The largest absolute Gasteiger partial charge is 0.496 e. The molecule has 0 spiro atoms. The molecule has 0 aliphatic carbocycles. The Morgan fingerprint density at radius 1 is 1.31 bits per heavy atom. The van der Waals surface area contributed by atoms with E-state index in [-0.39, 0.29) is 12.1 Å². The fraction of sp³-hybridized carbons (Fsp3) is 0.500. The Balaban J connectivity index is 1.49. The molecule has 3 rings (SSSR count). The summed E-state index contributed by atoms with van der Waals surface area (Å²) in [5.41, 5.74) is 1.17. The number of carbonyl (C=O) groups excluding carboxylic acids is 1. The third-order valence-electron chi connectivity index (χ3n) is 4.59. The highest BCUT2D eigenvalue weighted by Crippen LogP contribution is 2.20. The van der Waals surface area contributed by atoms with Gasteiger partial charge in [0.05, 0.1) is 13.2 Å². The molecular formula is C18H26N6O2. The van der Waals surface area contributed by atoms with Crippen molar-refractivity contribution in [2.24, 2.45) is 0 Å². The van der Waals surface area contributed by atoms with Gasteiger partial charge >= 0.3 is 6.03 Å². The molecule has 2 amide bonds. The van der Waals surface area contributed by atoms with Crippen LogP contribution in [0.5, 0.6) is 5.75 Å². The first-order valence-corrected chi connectivity index (χ1v) is 8.85. The zero-order chi connectivity index (χ0) is 18.5. The molecule has 1 aromatic carbocycles. The maximum Gasteiger partial charge on any atom is 0.318 e. The molecule has 1 atom stereocenters. The van der Waals surface area contributed by atoms with Gasteiger partial charge in [-0.2, -0.15) is 5.10 Å². The van der Waals surface area contributed by atoms with Crippen LogP contribution in [0.25, 0.3) is 0 Å². The van der Waals surface area contributed by atoms with Gasteiger partial charge in [0.25, 0.3) is 0 Å². The number of methoxy groups -OCH3 is 1. The molecule has 0 unspecified atom stereocenters. The van der Waals surface area contributed by atoms with Gasteiger partial charge in [-0.3, -0.25) is 10.00 Å². The maximum absolute atomic E-state index is 12.5. The Morgan fingerprint density at radius 2 is 2.04 bits per heavy atom. The Bertz CT molecular complexity index is 739. The number of amides is 2. The number of para-hydroxylation sites is 1. The molecule has 8 nitrogen and oxygen atoms in total. The highest BCUT2D eigenvalue weighted by molar-refractivity contribution is 5.74. The average Bonchev–Trinajstić information content (AvgIpc) is 3.09. The van der Waals surface area contributed by atoms with Gasteiger partial charge in [-0.1, -0.05) is 18.2 Å². The summed E-state index contributed by atoms with van der Waals surface area (Å²) in [5.74, 6) is 2.25. The predicted molar refractivity (Wildman–Crippen MR) is 97.9 cm³/mol. The van der Waals surface area contributed by atoms with Crippen molar-refractivity contribution in [2.45, 2.75) is 26.4 Å². The van der Waals surface area contributed by atoms with Crippen LogP contribution in [0.1, 0.15) is 30.2 Å². The average molecular weight is 358 g/mol. The molecule has 1 aromatic heterocycles. The Labute approximate surface area is 153 Å². The zero-order valence-corrected chi connectivity index (χ0v) is 15.5. The quantitative estimate of drug-likeness (QED) is 0.850. The molecule has 26 heavy (non-hydrogen) atoms. The van der Waals surface area contributed by atoms with Gasteiger partial charge in [-0.05, 0) is 19.9 Å². The van der Waals surface area contributed by atoms with E-state index >= 15 is 0 Å². The van der Waals surface area contributed by atoms with E-state index in [1.807, 2.05) is 36.9 Å². The molecule has 8 heteroatoms. The maximum atomic E-state index is 12.5. The van der Waals surface area contributed by atoms with Crippen molar-refractivity contribution in [3.63, 3.8) is 0 Å². The first kappa shape index (κ1) is 18.2. The molecule has 0 radical (unpaired) electrons. The Morgan fingerprint density at radius 3 is 2.69 bits per heavy atom. The van der Waals surface area contributed by atoms with E-state index in [0.29, 0.717) is 18.9 Å². The second-order valence-electron chi connectivity index (χ2n) is 6.53. The van der Waals surface area contributed by atoms with Crippen LogP contribution in [-0.4, -0.2) is 64.3 Å². The fourth-order valence-corrected chi connectivity index (χ4v) is 3.08. The summed E-state index contributed by atoms with van der Waals surface area (Å²) < 4.78 is 5.42. The van der Waals surface area contributed by atoms with E-state index in [1.165, 1.54) is 5.56 Å². The number of aromatic amines is 1. The summed E-state index contributed by atoms with van der Waals surface area (Å²) in [5, 5.41) is 9.86. The molecule has 1 saturated heterocycles. The SMILES string of the molecule is COc1ccccc1CN1CCN(C(=O)N[C@@H](C)c2n[nH]c(C)n2)CC1. The Kier molecular flexibility index (Phi) is 5.72. The van der Waals surface area contributed by atoms with Gasteiger partial charge in [-0.25, -0.2) is 9.78 Å². The summed E-state index contributed by atoms with van der Waals surface area (Å²) in [6.45, 7) is 7.61. The van der Waals surface area contributed by atoms with Crippen molar-refractivity contribution in [2.75, 3.05) is 33.3 Å². The zero-order valence-electron chi connectivity index (χ0n) is 15.5. The Hall–Kier alpha value is -2.61. The van der Waals surface area contributed by atoms with E-state index in [4.69, 9.17) is 4.74 Å². The molecule has 2 heterocycles. The molecule has 1 fully saturated rings. The molecule has 2 N–H and O–H groups in total. The monoisotopic (exact) mass is 358 g/mol. The molecule has 0 saturated carbocycles. The third-order valence-corrected chi connectivity index (χ3v) is 4.59. The second kappa shape index (κ2) is 8.18. The number of urea groups is 1. The van der Waals surface area contributed by atoms with Crippen molar-refractivity contribution in [1.29, 1.82) is 0 Å². The fourth-order valence-electron chi connectivity index (χ4n) is 3.08. The van der Waals surface area contributed by atoms with Crippen LogP contribution in [-0.2, 0) is 6.54 Å². The van der Waals surface area contributed by atoms with Gasteiger partial charge in [-0.15, -0.1) is 0 Å². The van der Waals surface area contributed by atoms with E-state index < -0.39 is 0 Å². The van der Waals surface area contributed by atoms with Crippen LogP contribution >= 0.6 is 0 Å². The lowest BCUT2D eigenvalue weighted by molar-refractivity contribution is 0.133. The van der Waals surface area contributed by atoms with Crippen molar-refractivity contribution >= 4 is 6.03 Å². The number of aromatic nitrogens is 3. The molecule has 140 valence electrons. The van der Waals surface area contributed by atoms with Crippen LogP contribution in [0.15, 0.2) is 24.3 Å². The normalized spacial score (nSPS) is 16.3. The topological polar surface area (TPSA) is 86.4 Å². The standard InChI is InChI=1S/C18H26N6O2/c1-13(17-20-14(2)21-22-17)19-18(25)24-10-8-23(9-11-24)12-15-6-4-5-7-16(15)26-3/h4-7,13H,8-12H2,1-3H3,(H,19,25)(H,20,21,22)/t13-/m0/s1. The number of H-pyrrole nitrogens is 1. The third kappa shape index (κ3) is 4.32. The van der Waals surface area contributed by atoms with E-state index in [9.17, 15) is 4.79 Å². The molecular weight excluding hydrogens is 332 g/mol. The molecule has 2 aromatic rings. The highest BCUT2D eigenvalue weighted by Gasteiger charge is 2.23. The number of ether oxygens (including phenoxy) is 1. The number of rotatable bonds is 5. The first-order valence-electron chi connectivity index (χ1n) is 8.85. The van der Waals surface area contributed by atoms with Gasteiger partial charge in [0.1, 0.15) is 11.6 Å². The molecule has 0 bridgehead atoms. The number of piperazine rings is 1. The predicted octanol–water partition coefficient (Wildman–Crippen LogP) is 1.71. The van der Waals surface area contributed by atoms with Gasteiger partial charge < -0.3 is 15.0 Å². The minimum absolute atomic E-state index is 0.0723. The molecule has 1 aliphatic rings. The van der Waals surface area contributed by atoms with Gasteiger partial charge in [0, 0.05) is 38.3 Å². The lowest BCUT2D eigenvalue weighted by Crippen LogP contribution is -2.51. The number of nitrogens with one attached hydrogen (secondary N) is 2. The smallest absolute Gasteiger partial charge is 0.318 e. The van der Waals surface area contributed by atoms with Crippen LogP contribution in [0.3, 0.4) is 0 Å². The number of hydrogen-bond donors (Lipinski definition) is 2. The van der Waals surface area contributed by atoms with E-state index in [2.05, 4.69) is 31.5 Å². The van der Waals surface area contributed by atoms with Gasteiger partial charge in [0.15, 0.2) is 5.82 Å². The number of nitrogens with zero attached hydrogens (tertiary/aromatic N) is 4. The van der Waals surface area contributed by atoms with Crippen molar-refractivity contribution < 1.29 is 9.53 Å². The first-order chi connectivity index (χ1) is 12.6. The minimum Gasteiger partial charge on any atom is -0.496 e. The summed E-state index contributed by atoms with van der Waals surface area (Å²) in [6, 6.07) is 7.76. The lowest BCUT2D eigenvalue weighted by atomic mass is 10.1.